The lowest BCUT2D eigenvalue weighted by Gasteiger charge is -2.31. The minimum absolute atomic E-state index is 0.314. The van der Waals surface area contributed by atoms with Crippen molar-refractivity contribution in [1.82, 2.24) is 4.90 Å². The summed E-state index contributed by atoms with van der Waals surface area (Å²) in [5.41, 5.74) is 1.88. The molecule has 2 atom stereocenters. The smallest absolute Gasteiger partial charge is 0.183 e. The normalized spacial score (nSPS) is 22.0. The third kappa shape index (κ3) is 3.29. The van der Waals surface area contributed by atoms with Gasteiger partial charge in [0.05, 0.1) is 11.6 Å². The van der Waals surface area contributed by atoms with E-state index >= 15 is 0 Å². The van der Waals surface area contributed by atoms with Crippen molar-refractivity contribution in [3.8, 4) is 6.07 Å². The number of nitriles is 1. The summed E-state index contributed by atoms with van der Waals surface area (Å²) in [6, 6.07) is 13.5. The lowest BCUT2D eigenvalue weighted by atomic mass is 9.81. The molecule has 0 amide bonds. The fourth-order valence-corrected chi connectivity index (χ4v) is 3.45. The number of aliphatic hydroxyl groups is 1. The van der Waals surface area contributed by atoms with E-state index in [0.29, 0.717) is 17.5 Å². The number of aliphatic hydroxyl groups excluding tert-OH is 1. The largest absolute Gasteiger partial charge is 0.364 e. The second-order valence-corrected chi connectivity index (χ2v) is 6.62. The highest BCUT2D eigenvalue weighted by atomic mass is 19.1. The van der Waals surface area contributed by atoms with Crippen LogP contribution >= 0.6 is 0 Å². The third-order valence-corrected chi connectivity index (χ3v) is 4.64. The minimum Gasteiger partial charge on any atom is -0.364 e. The van der Waals surface area contributed by atoms with Crippen LogP contribution in [0.4, 0.5) is 4.39 Å². The molecule has 1 aliphatic heterocycles. The lowest BCUT2D eigenvalue weighted by Crippen LogP contribution is -2.29. The summed E-state index contributed by atoms with van der Waals surface area (Å²) in [5, 5.41) is 19.6. The van der Waals surface area contributed by atoms with Crippen LogP contribution in [-0.4, -0.2) is 30.6 Å². The van der Waals surface area contributed by atoms with Crippen molar-refractivity contribution in [2.45, 2.75) is 24.7 Å². The van der Waals surface area contributed by atoms with Gasteiger partial charge in [-0.15, -0.1) is 0 Å². The van der Waals surface area contributed by atoms with Gasteiger partial charge in [0.2, 0.25) is 0 Å². The predicted molar refractivity (Wildman–Crippen MR) is 92.2 cm³/mol. The van der Waals surface area contributed by atoms with Gasteiger partial charge in [0.25, 0.3) is 0 Å². The van der Waals surface area contributed by atoms with Crippen LogP contribution in [-0.2, 0) is 10.3 Å². The van der Waals surface area contributed by atoms with Gasteiger partial charge >= 0.3 is 0 Å². The van der Waals surface area contributed by atoms with Crippen LogP contribution < -0.4 is 0 Å². The number of hydrogen-bond donors (Lipinski definition) is 1. The minimum atomic E-state index is -1.10. The molecule has 0 aromatic heterocycles. The Bertz CT molecular complexity index is 798. The Morgan fingerprint density at radius 3 is 2.60 bits per heavy atom. The maximum absolute atomic E-state index is 13.4. The Hall–Kier alpha value is -2.26. The second-order valence-electron chi connectivity index (χ2n) is 6.62. The molecule has 0 spiro atoms. The molecule has 5 heteroatoms. The first kappa shape index (κ1) is 17.6. The van der Waals surface area contributed by atoms with Crippen molar-refractivity contribution < 1.29 is 14.2 Å². The number of rotatable bonds is 5. The number of nitrogens with zero attached hydrogens (tertiary/aromatic N) is 2. The summed E-state index contributed by atoms with van der Waals surface area (Å²) < 4.78 is 19.4. The molecule has 130 valence electrons. The summed E-state index contributed by atoms with van der Waals surface area (Å²) in [6.07, 6.45) is 0.385. The van der Waals surface area contributed by atoms with Gasteiger partial charge in [-0.25, -0.2) is 4.39 Å². The van der Waals surface area contributed by atoms with Crippen LogP contribution in [0.25, 0.3) is 0 Å². The summed E-state index contributed by atoms with van der Waals surface area (Å²) in [7, 11) is 4.00. The molecule has 0 saturated heterocycles. The molecule has 25 heavy (non-hydrogen) atoms. The molecule has 0 saturated carbocycles. The average Bonchev–Trinajstić information content (AvgIpc) is 2.88. The van der Waals surface area contributed by atoms with Gasteiger partial charge in [-0.2, -0.15) is 5.26 Å². The zero-order chi connectivity index (χ0) is 18.0. The molecule has 4 nitrogen and oxygen atoms in total. The van der Waals surface area contributed by atoms with E-state index in [0.717, 1.165) is 24.1 Å². The Morgan fingerprint density at radius 1 is 1.24 bits per heavy atom. The van der Waals surface area contributed by atoms with Gasteiger partial charge in [0.1, 0.15) is 11.4 Å². The van der Waals surface area contributed by atoms with E-state index in [2.05, 4.69) is 11.0 Å². The molecule has 0 bridgehead atoms. The van der Waals surface area contributed by atoms with Gasteiger partial charge in [-0.1, -0.05) is 18.2 Å². The summed E-state index contributed by atoms with van der Waals surface area (Å²) in [4.78, 5) is 2.09. The molecule has 0 fully saturated rings. The Morgan fingerprint density at radius 2 is 1.96 bits per heavy atom. The number of ether oxygens (including phenoxy) is 1. The zero-order valence-electron chi connectivity index (χ0n) is 14.4. The molecule has 0 unspecified atom stereocenters. The highest BCUT2D eigenvalue weighted by Crippen LogP contribution is 2.49. The maximum atomic E-state index is 13.4. The predicted octanol–water partition coefficient (Wildman–Crippen LogP) is 3.30. The van der Waals surface area contributed by atoms with E-state index in [9.17, 15) is 9.50 Å². The fourth-order valence-electron chi connectivity index (χ4n) is 3.45. The first-order valence-electron chi connectivity index (χ1n) is 8.27. The van der Waals surface area contributed by atoms with Crippen LogP contribution in [0.3, 0.4) is 0 Å². The SMILES string of the molecule is CN(C)CCC[C@@]1(c2ccc(F)cc2)O[C@H](O)c2cc(C#N)ccc21. The van der Waals surface area contributed by atoms with Crippen molar-refractivity contribution >= 4 is 0 Å². The number of hydrogen-bond acceptors (Lipinski definition) is 4. The monoisotopic (exact) mass is 340 g/mol. The van der Waals surface area contributed by atoms with Gasteiger partial charge in [0, 0.05) is 5.56 Å². The summed E-state index contributed by atoms with van der Waals surface area (Å²) in [6.45, 7) is 0.869. The van der Waals surface area contributed by atoms with Crippen LogP contribution in [0.5, 0.6) is 0 Å². The van der Waals surface area contributed by atoms with Crippen molar-refractivity contribution in [2.75, 3.05) is 20.6 Å². The van der Waals surface area contributed by atoms with E-state index < -0.39 is 11.9 Å². The number of benzene rings is 2. The maximum Gasteiger partial charge on any atom is 0.183 e. The third-order valence-electron chi connectivity index (χ3n) is 4.64. The van der Waals surface area contributed by atoms with Gasteiger partial charge in [-0.3, -0.25) is 0 Å². The van der Waals surface area contributed by atoms with Gasteiger partial charge in [0.15, 0.2) is 6.29 Å². The highest BCUT2D eigenvalue weighted by Gasteiger charge is 2.45. The van der Waals surface area contributed by atoms with E-state index in [-0.39, 0.29) is 5.82 Å². The summed E-state index contributed by atoms with van der Waals surface area (Å²) in [5.74, 6) is -0.314. The topological polar surface area (TPSA) is 56.5 Å². The molecular weight excluding hydrogens is 319 g/mol. The van der Waals surface area contributed by atoms with E-state index in [1.54, 1.807) is 24.3 Å². The van der Waals surface area contributed by atoms with Crippen LogP contribution in [0.2, 0.25) is 0 Å². The molecule has 2 aromatic rings. The Kier molecular flexibility index (Phi) is 4.87. The van der Waals surface area contributed by atoms with Crippen LogP contribution in [0.15, 0.2) is 42.5 Å². The average molecular weight is 340 g/mol. The molecule has 0 aliphatic carbocycles. The van der Waals surface area contributed by atoms with Crippen molar-refractivity contribution in [3.05, 3.63) is 70.5 Å². The first-order chi connectivity index (χ1) is 12.0. The van der Waals surface area contributed by atoms with E-state index in [1.807, 2.05) is 20.2 Å². The molecule has 3 rings (SSSR count). The molecular formula is C20H21FN2O2. The van der Waals surface area contributed by atoms with Crippen LogP contribution in [0.1, 0.15) is 41.4 Å². The van der Waals surface area contributed by atoms with Crippen molar-refractivity contribution in [3.63, 3.8) is 0 Å². The van der Waals surface area contributed by atoms with Crippen molar-refractivity contribution in [2.24, 2.45) is 0 Å². The standard InChI is InChI=1S/C20H21FN2O2/c1-23(2)11-3-10-20(15-5-7-16(21)8-6-15)18-9-4-14(13-22)12-17(18)19(24)25-20/h4-9,12,19,24H,3,10-11H2,1-2H3/t19-,20-/m0/s1. The Balaban J connectivity index is 2.07. The van der Waals surface area contributed by atoms with Gasteiger partial charge < -0.3 is 14.7 Å². The molecule has 1 aliphatic rings. The van der Waals surface area contributed by atoms with Crippen molar-refractivity contribution in [1.29, 1.82) is 5.26 Å². The lowest BCUT2D eigenvalue weighted by molar-refractivity contribution is -0.159. The van der Waals surface area contributed by atoms with E-state index in [4.69, 9.17) is 10.00 Å². The number of fused-ring (bicyclic) bond motifs is 1. The summed E-state index contributed by atoms with van der Waals surface area (Å²) >= 11 is 0. The fraction of sp³-hybridized carbons (Fsp3) is 0.350. The second kappa shape index (κ2) is 6.93. The van der Waals surface area contributed by atoms with E-state index in [1.165, 1.54) is 12.1 Å². The zero-order valence-corrected chi connectivity index (χ0v) is 14.4. The van der Waals surface area contributed by atoms with Crippen LogP contribution in [0, 0.1) is 17.1 Å². The highest BCUT2D eigenvalue weighted by molar-refractivity contribution is 5.48. The Labute approximate surface area is 147 Å². The molecule has 2 aromatic carbocycles. The first-order valence-corrected chi connectivity index (χ1v) is 8.27. The quantitative estimate of drug-likeness (QED) is 0.907. The van der Waals surface area contributed by atoms with Gasteiger partial charge in [-0.05, 0) is 68.9 Å². The molecule has 1 heterocycles. The molecule has 1 N–H and O–H groups in total. The number of halogens is 1. The molecule has 0 radical (unpaired) electrons.